The van der Waals surface area contributed by atoms with Crippen molar-refractivity contribution in [1.82, 2.24) is 9.62 Å². The molecule has 1 amide bonds. The van der Waals surface area contributed by atoms with E-state index >= 15 is 0 Å². The lowest BCUT2D eigenvalue weighted by atomic mass is 9.74. The first-order chi connectivity index (χ1) is 13.9. The number of carbonyl (C=O) groups excluding carboxylic acids is 1. The van der Waals surface area contributed by atoms with Gasteiger partial charge in [-0.2, -0.15) is 0 Å². The Kier molecular flexibility index (Phi) is 6.59. The molecule has 1 aliphatic heterocycles. The maximum Gasteiger partial charge on any atom is 0.255 e. The van der Waals surface area contributed by atoms with Gasteiger partial charge in [-0.05, 0) is 37.5 Å². The minimum Gasteiger partial charge on any atom is -0.496 e. The molecule has 1 atom stereocenters. The average molecular weight is 417 g/mol. The molecule has 1 aliphatic rings. The summed E-state index contributed by atoms with van der Waals surface area (Å²) in [6.07, 6.45) is 1.55. The van der Waals surface area contributed by atoms with E-state index in [1.54, 1.807) is 29.4 Å². The van der Waals surface area contributed by atoms with Gasteiger partial charge < -0.3 is 10.1 Å². The Morgan fingerprint density at radius 1 is 1.14 bits per heavy atom. The molecule has 0 aliphatic carbocycles. The highest BCUT2D eigenvalue weighted by Crippen LogP contribution is 2.35. The molecular weight excluding hydrogens is 388 g/mol. The van der Waals surface area contributed by atoms with Crippen LogP contribution in [-0.4, -0.2) is 51.1 Å². The molecule has 1 fully saturated rings. The fourth-order valence-corrected chi connectivity index (χ4v) is 5.18. The summed E-state index contributed by atoms with van der Waals surface area (Å²) in [6.45, 7) is 2.89. The monoisotopic (exact) mass is 416 g/mol. The molecule has 0 spiro atoms. The number of nitrogens with one attached hydrogen (secondary N) is 1. The van der Waals surface area contributed by atoms with Crippen LogP contribution in [0.2, 0.25) is 0 Å². The molecular formula is C22H28N2O4S. The lowest BCUT2D eigenvalue weighted by molar-refractivity contribution is 0.0929. The second-order valence-corrected chi connectivity index (χ2v) is 9.62. The predicted molar refractivity (Wildman–Crippen MR) is 114 cm³/mol. The predicted octanol–water partition coefficient (Wildman–Crippen LogP) is 2.81. The molecule has 2 aromatic carbocycles. The summed E-state index contributed by atoms with van der Waals surface area (Å²) in [6, 6.07) is 16.9. The average Bonchev–Trinajstić information content (AvgIpc) is 2.78. The van der Waals surface area contributed by atoms with Crippen LogP contribution in [-0.2, 0) is 15.4 Å². The van der Waals surface area contributed by atoms with E-state index in [4.69, 9.17) is 4.74 Å². The van der Waals surface area contributed by atoms with E-state index in [9.17, 15) is 13.2 Å². The third kappa shape index (κ3) is 4.62. The van der Waals surface area contributed by atoms with Gasteiger partial charge in [0.15, 0.2) is 0 Å². The number of benzene rings is 2. The summed E-state index contributed by atoms with van der Waals surface area (Å²) in [5.74, 6) is 0.358. The fraction of sp³-hybridized carbons (Fsp3) is 0.409. The van der Waals surface area contributed by atoms with Crippen LogP contribution >= 0.6 is 0 Å². The van der Waals surface area contributed by atoms with Crippen LogP contribution < -0.4 is 10.1 Å². The molecule has 7 heteroatoms. The van der Waals surface area contributed by atoms with Crippen LogP contribution in [0.1, 0.15) is 35.7 Å². The minimum absolute atomic E-state index is 0.0748. The Bertz CT molecular complexity index is 946. The lowest BCUT2D eigenvalue weighted by Crippen LogP contribution is -2.53. The Morgan fingerprint density at radius 2 is 1.83 bits per heavy atom. The van der Waals surface area contributed by atoms with Gasteiger partial charge in [0.2, 0.25) is 10.0 Å². The van der Waals surface area contributed by atoms with Crippen molar-refractivity contribution in [3.8, 4) is 5.75 Å². The highest BCUT2D eigenvalue weighted by Gasteiger charge is 2.40. The molecule has 1 saturated heterocycles. The van der Waals surface area contributed by atoms with Gasteiger partial charge in [-0.1, -0.05) is 42.5 Å². The number of piperidine rings is 1. The molecule has 6 nitrogen and oxygen atoms in total. The zero-order valence-corrected chi connectivity index (χ0v) is 17.7. The third-order valence-electron chi connectivity index (χ3n) is 5.63. The first kappa shape index (κ1) is 21.3. The first-order valence-electron chi connectivity index (χ1n) is 9.86. The van der Waals surface area contributed by atoms with Crippen LogP contribution in [0.3, 0.4) is 0 Å². The van der Waals surface area contributed by atoms with Gasteiger partial charge in [0, 0.05) is 25.0 Å². The van der Waals surface area contributed by atoms with Crippen LogP contribution in [0.15, 0.2) is 54.6 Å². The summed E-state index contributed by atoms with van der Waals surface area (Å²) >= 11 is 0. The van der Waals surface area contributed by atoms with E-state index in [0.717, 1.165) is 18.4 Å². The molecule has 1 unspecified atom stereocenters. The second-order valence-electron chi connectivity index (χ2n) is 7.37. The number of para-hydroxylation sites is 1. The van der Waals surface area contributed by atoms with E-state index in [1.807, 2.05) is 36.4 Å². The number of amides is 1. The normalized spacial score (nSPS) is 20.2. The van der Waals surface area contributed by atoms with Crippen molar-refractivity contribution in [3.63, 3.8) is 0 Å². The Labute approximate surface area is 172 Å². The van der Waals surface area contributed by atoms with Crippen molar-refractivity contribution >= 4 is 15.9 Å². The van der Waals surface area contributed by atoms with E-state index in [0.29, 0.717) is 30.9 Å². The van der Waals surface area contributed by atoms with Gasteiger partial charge in [-0.15, -0.1) is 0 Å². The van der Waals surface area contributed by atoms with Gasteiger partial charge in [0.1, 0.15) is 5.75 Å². The van der Waals surface area contributed by atoms with Crippen LogP contribution in [0, 0.1) is 0 Å². The van der Waals surface area contributed by atoms with E-state index in [2.05, 4.69) is 5.32 Å². The highest BCUT2D eigenvalue weighted by molar-refractivity contribution is 7.89. The smallest absolute Gasteiger partial charge is 0.255 e. The van der Waals surface area contributed by atoms with Gasteiger partial charge >= 0.3 is 0 Å². The number of hydrogen-bond acceptors (Lipinski definition) is 4. The molecule has 3 rings (SSSR count). The summed E-state index contributed by atoms with van der Waals surface area (Å²) < 4.78 is 31.9. The fourth-order valence-electron chi connectivity index (χ4n) is 3.96. The number of sulfonamides is 1. The van der Waals surface area contributed by atoms with Crippen molar-refractivity contribution < 1.29 is 17.9 Å². The topological polar surface area (TPSA) is 75.7 Å². The quantitative estimate of drug-likeness (QED) is 0.753. The second kappa shape index (κ2) is 8.97. The summed E-state index contributed by atoms with van der Waals surface area (Å²) in [5, 5.41) is 3.03. The maximum absolute atomic E-state index is 12.9. The number of nitrogens with zero attached hydrogens (tertiary/aromatic N) is 1. The Morgan fingerprint density at radius 3 is 2.52 bits per heavy atom. The van der Waals surface area contributed by atoms with Crippen molar-refractivity contribution in [2.24, 2.45) is 0 Å². The van der Waals surface area contributed by atoms with Crippen molar-refractivity contribution in [2.45, 2.75) is 25.2 Å². The van der Waals surface area contributed by atoms with Gasteiger partial charge in [0.25, 0.3) is 5.91 Å². The first-order valence-corrected chi connectivity index (χ1v) is 11.5. The van der Waals surface area contributed by atoms with Gasteiger partial charge in [-0.25, -0.2) is 12.7 Å². The number of hydrogen-bond donors (Lipinski definition) is 1. The highest BCUT2D eigenvalue weighted by atomic mass is 32.2. The summed E-state index contributed by atoms with van der Waals surface area (Å²) in [5.41, 5.74) is 1.03. The van der Waals surface area contributed by atoms with Gasteiger partial charge in [-0.3, -0.25) is 4.79 Å². The Balaban J connectivity index is 1.88. The van der Waals surface area contributed by atoms with Gasteiger partial charge in [0.05, 0.1) is 18.4 Å². The van der Waals surface area contributed by atoms with Crippen molar-refractivity contribution in [3.05, 3.63) is 65.7 Å². The number of rotatable bonds is 7. The molecule has 2 aromatic rings. The van der Waals surface area contributed by atoms with Crippen LogP contribution in [0.4, 0.5) is 0 Å². The van der Waals surface area contributed by atoms with E-state index < -0.39 is 15.4 Å². The largest absolute Gasteiger partial charge is 0.496 e. The molecule has 1 N–H and O–H groups in total. The SMILES string of the molecule is CCS(=O)(=O)N1CCCC(CNC(=O)c2ccccc2OC)(c2ccccc2)C1. The van der Waals surface area contributed by atoms with E-state index in [1.165, 1.54) is 7.11 Å². The minimum atomic E-state index is -3.30. The molecule has 0 radical (unpaired) electrons. The van der Waals surface area contributed by atoms with E-state index in [-0.39, 0.29) is 11.7 Å². The lowest BCUT2D eigenvalue weighted by Gasteiger charge is -2.42. The molecule has 0 bridgehead atoms. The van der Waals surface area contributed by atoms with Crippen LogP contribution in [0.5, 0.6) is 5.75 Å². The third-order valence-corrected chi connectivity index (χ3v) is 7.45. The number of ether oxygens (including phenoxy) is 1. The maximum atomic E-state index is 12.9. The van der Waals surface area contributed by atoms with Crippen LogP contribution in [0.25, 0.3) is 0 Å². The standard InChI is InChI=1S/C22H28N2O4S/c1-3-29(26,27)24-15-9-14-22(17-24,18-10-5-4-6-11-18)16-23-21(25)19-12-7-8-13-20(19)28-2/h4-8,10-13H,3,9,14-17H2,1-2H3,(H,23,25). The molecule has 1 heterocycles. The molecule has 156 valence electrons. The zero-order valence-electron chi connectivity index (χ0n) is 16.9. The molecule has 0 saturated carbocycles. The summed E-state index contributed by atoms with van der Waals surface area (Å²) in [4.78, 5) is 12.9. The molecule has 29 heavy (non-hydrogen) atoms. The zero-order chi connectivity index (χ0) is 20.9. The van der Waals surface area contributed by atoms with Crippen molar-refractivity contribution in [2.75, 3.05) is 32.5 Å². The van der Waals surface area contributed by atoms with Crippen molar-refractivity contribution in [1.29, 1.82) is 0 Å². The summed E-state index contributed by atoms with van der Waals surface area (Å²) in [7, 11) is -1.77. The number of carbonyl (C=O) groups is 1. The molecule has 0 aromatic heterocycles. The Hall–Kier alpha value is -2.38. The number of methoxy groups -OCH3 is 1.